The van der Waals surface area contributed by atoms with Gasteiger partial charge in [0.05, 0.1) is 0 Å². The van der Waals surface area contributed by atoms with Crippen molar-refractivity contribution in [3.63, 3.8) is 0 Å². The first-order valence-electron chi connectivity index (χ1n) is 0.946. The summed E-state index contributed by atoms with van der Waals surface area (Å²) in [4.78, 5) is 8.33. The molecular weight excluding hydrogens is 134 g/mol. The van der Waals surface area contributed by atoms with Gasteiger partial charge in [-0.2, -0.15) is 0 Å². The van der Waals surface area contributed by atoms with Crippen LogP contribution in [0, 0.1) is 0 Å². The fourth-order valence-electron chi connectivity index (χ4n) is 0. The minimum absolute atomic E-state index is 0. The molecule has 8 heavy (non-hydrogen) atoms. The Kier molecular flexibility index (Phi) is 69.0. The maximum absolute atomic E-state index is 8.33. The largest absolute Gasteiger partial charge is 1.00 e. The van der Waals surface area contributed by atoms with Gasteiger partial charge in [-0.3, -0.25) is 11.7 Å². The van der Waals surface area contributed by atoms with Crippen LogP contribution in [0.25, 0.3) is 0 Å². The first-order chi connectivity index (χ1) is 2.73. The van der Waals surface area contributed by atoms with Gasteiger partial charge in [0.1, 0.15) is 0 Å². The van der Waals surface area contributed by atoms with Crippen LogP contribution >= 0.6 is 0 Å². The van der Waals surface area contributed by atoms with Crippen LogP contribution in [0.2, 0.25) is 0 Å². The van der Waals surface area contributed by atoms with Crippen LogP contribution in [0.3, 0.4) is 0 Å². The summed E-state index contributed by atoms with van der Waals surface area (Å²) < 4.78 is 0. The average Bonchev–Trinajstić information content (AvgIpc) is 1.41. The first-order valence-corrected chi connectivity index (χ1v) is 0.946. The third kappa shape index (κ3) is 195. The number of carbonyl (C=O) groups excluding carboxylic acids is 1. The monoisotopic (exact) mass is 138 g/mol. The Morgan fingerprint density at radius 2 is 1.12 bits per heavy atom. The molecule has 0 aliphatic heterocycles. The van der Waals surface area contributed by atoms with Crippen LogP contribution < -0.4 is 81.0 Å². The molecule has 0 aliphatic carbocycles. The van der Waals surface area contributed by atoms with Crippen LogP contribution in [0.4, 0.5) is 4.79 Å². The Hall–Kier alpha value is 1.19. The van der Waals surface area contributed by atoms with Gasteiger partial charge in [0, 0.05) is 0 Å². The van der Waals surface area contributed by atoms with Crippen molar-refractivity contribution in [3.05, 3.63) is 0 Å². The van der Waals surface area contributed by atoms with Crippen molar-refractivity contribution < 1.29 is 74.1 Å². The van der Waals surface area contributed by atoms with Gasteiger partial charge in [-0.1, -0.05) is 0 Å². The fourth-order valence-corrected chi connectivity index (χ4v) is 0. The maximum atomic E-state index is 8.33. The smallest absolute Gasteiger partial charge is 0.652 e. The van der Waals surface area contributed by atoms with Gasteiger partial charge < -0.3 is 15.0 Å². The Labute approximate surface area is 91.0 Å². The molecule has 0 amide bonds. The van der Waals surface area contributed by atoms with E-state index in [9.17, 15) is 0 Å². The van der Waals surface area contributed by atoms with E-state index >= 15 is 0 Å². The number of hydrogen-bond acceptors (Lipinski definition) is 5. The van der Waals surface area contributed by atoms with E-state index in [1.807, 2.05) is 0 Å². The van der Waals surface area contributed by atoms with Crippen LogP contribution in [0.1, 0.15) is 0 Å². The Morgan fingerprint density at radius 3 is 1.12 bits per heavy atom. The third-order valence-corrected chi connectivity index (χ3v) is 0. The Balaban J connectivity index is -0.0000000183. The summed E-state index contributed by atoms with van der Waals surface area (Å²) in [6.07, 6.45) is -2.33. The molecule has 0 aliphatic rings. The van der Waals surface area contributed by atoms with E-state index in [0.29, 0.717) is 0 Å². The predicted octanol–water partition coefficient (Wildman–Crippen LogP) is -9.62. The number of rotatable bonds is 0. The first kappa shape index (κ1) is 22.9. The molecule has 0 radical (unpaired) electrons. The zero-order chi connectivity index (χ0) is 5.58. The van der Waals surface area contributed by atoms with Crippen molar-refractivity contribution in [2.75, 3.05) is 0 Å². The molecular formula is CH4N2Na2O3. The second-order valence-electron chi connectivity index (χ2n) is 0.250. The molecule has 0 spiro atoms. The van der Waals surface area contributed by atoms with Crippen LogP contribution in [0.15, 0.2) is 0 Å². The van der Waals surface area contributed by atoms with Crippen LogP contribution in [-0.2, 0) is 0 Å². The number of carbonyl (C=O) groups is 1. The van der Waals surface area contributed by atoms with E-state index in [4.69, 9.17) is 15.0 Å². The molecule has 0 bridgehead atoms. The summed E-state index contributed by atoms with van der Waals surface area (Å²) in [6.45, 7) is 0. The molecule has 0 atom stereocenters. The summed E-state index contributed by atoms with van der Waals surface area (Å²) in [5, 5.41) is 16.7. The summed E-state index contributed by atoms with van der Waals surface area (Å²) in [5.41, 5.74) is 0. The van der Waals surface area contributed by atoms with Gasteiger partial charge in [-0.05, 0) is 6.16 Å². The number of carboxylic acid groups (broad SMARTS) is 2. The topological polar surface area (TPSA) is 115 Å². The molecule has 7 heteroatoms. The second kappa shape index (κ2) is 24.1. The van der Waals surface area contributed by atoms with Crippen molar-refractivity contribution in [2.24, 2.45) is 11.7 Å². The average molecular weight is 138 g/mol. The van der Waals surface area contributed by atoms with Crippen molar-refractivity contribution in [1.82, 2.24) is 0 Å². The molecule has 0 aromatic rings. The standard InChI is InChI=1S/CH2O3.H4N2.2Na/c2-1(3)4;1-2;;/h(H2,2,3,4);1-2H2;;/q;;2*+1/p-2. The van der Waals surface area contributed by atoms with E-state index in [-0.39, 0.29) is 59.1 Å². The SMILES string of the molecule is NN.O=C([O-])[O-].[Na+].[Na+]. The van der Waals surface area contributed by atoms with Crippen molar-refractivity contribution in [3.8, 4) is 0 Å². The summed E-state index contributed by atoms with van der Waals surface area (Å²) in [5.74, 6) is 8.00. The Bertz CT molecular complexity index is 38.3. The normalized spacial score (nSPS) is 3.75. The Morgan fingerprint density at radius 1 is 1.12 bits per heavy atom. The molecule has 0 aromatic carbocycles. The van der Waals surface area contributed by atoms with Gasteiger partial charge in [0.2, 0.25) is 0 Å². The molecule has 5 nitrogen and oxygen atoms in total. The second-order valence-corrected chi connectivity index (χ2v) is 0.250. The van der Waals surface area contributed by atoms with Gasteiger partial charge in [-0.25, -0.2) is 0 Å². The van der Waals surface area contributed by atoms with Crippen molar-refractivity contribution in [1.29, 1.82) is 0 Å². The molecule has 38 valence electrons. The minimum Gasteiger partial charge on any atom is -0.652 e. The molecule has 0 unspecified atom stereocenters. The van der Waals surface area contributed by atoms with E-state index < -0.39 is 6.16 Å². The zero-order valence-corrected chi connectivity index (χ0v) is 8.88. The van der Waals surface area contributed by atoms with E-state index in [1.54, 1.807) is 0 Å². The zero-order valence-electron chi connectivity index (χ0n) is 4.88. The number of hydrogen-bond donors (Lipinski definition) is 2. The van der Waals surface area contributed by atoms with Gasteiger partial charge in [0.15, 0.2) is 0 Å². The summed E-state index contributed by atoms with van der Waals surface area (Å²) in [6, 6.07) is 0. The molecule has 4 N–H and O–H groups in total. The molecule has 0 saturated carbocycles. The van der Waals surface area contributed by atoms with Crippen molar-refractivity contribution >= 4 is 6.16 Å². The third-order valence-electron chi connectivity index (χ3n) is 0. The van der Waals surface area contributed by atoms with Gasteiger partial charge in [-0.15, -0.1) is 0 Å². The van der Waals surface area contributed by atoms with Crippen LogP contribution in [0.5, 0.6) is 0 Å². The molecule has 0 saturated heterocycles. The molecule has 0 heterocycles. The predicted molar refractivity (Wildman–Crippen MR) is 13.8 cm³/mol. The minimum atomic E-state index is -2.33. The maximum Gasteiger partial charge on any atom is 1.00 e. The quantitative estimate of drug-likeness (QED) is 0.196. The van der Waals surface area contributed by atoms with Gasteiger partial charge in [0.25, 0.3) is 0 Å². The molecule has 0 fully saturated rings. The van der Waals surface area contributed by atoms with E-state index in [0.717, 1.165) is 0 Å². The van der Waals surface area contributed by atoms with Crippen LogP contribution in [-0.4, -0.2) is 6.16 Å². The summed E-state index contributed by atoms with van der Waals surface area (Å²) >= 11 is 0. The number of hydrazine groups is 1. The van der Waals surface area contributed by atoms with E-state index in [2.05, 4.69) is 11.7 Å². The van der Waals surface area contributed by atoms with Gasteiger partial charge >= 0.3 is 59.1 Å². The van der Waals surface area contributed by atoms with E-state index in [1.165, 1.54) is 0 Å². The number of nitrogens with two attached hydrogens (primary N) is 2. The molecule has 0 aromatic heterocycles. The summed E-state index contributed by atoms with van der Waals surface area (Å²) in [7, 11) is 0. The van der Waals surface area contributed by atoms with Crippen molar-refractivity contribution in [2.45, 2.75) is 0 Å². The fraction of sp³-hybridized carbons (Fsp3) is 0. The molecule has 0 rings (SSSR count).